The van der Waals surface area contributed by atoms with Gasteiger partial charge < -0.3 is 5.11 Å². The second kappa shape index (κ2) is 6.40. The van der Waals surface area contributed by atoms with Crippen molar-refractivity contribution in [2.45, 2.75) is 59.0 Å². The average Bonchev–Trinajstić information content (AvgIpc) is 2.39. The van der Waals surface area contributed by atoms with Crippen LogP contribution in [0.2, 0.25) is 0 Å². The Hall–Kier alpha value is -1.35. The van der Waals surface area contributed by atoms with Gasteiger partial charge in [-0.05, 0) is 44.4 Å². The molecule has 112 valence electrons. The van der Waals surface area contributed by atoms with Gasteiger partial charge in [-0.15, -0.1) is 0 Å². The lowest BCUT2D eigenvalue weighted by atomic mass is 9.95. The first-order valence-corrected chi connectivity index (χ1v) is 7.31. The number of carbonyl (C=O) groups is 1. The van der Waals surface area contributed by atoms with E-state index in [2.05, 4.69) is 45.0 Å². The number of benzene rings is 1. The lowest BCUT2D eigenvalue weighted by molar-refractivity contribution is -0.150. The van der Waals surface area contributed by atoms with Crippen molar-refractivity contribution in [1.29, 1.82) is 0 Å². The van der Waals surface area contributed by atoms with E-state index in [4.69, 9.17) is 0 Å². The maximum atomic E-state index is 11.5. The van der Waals surface area contributed by atoms with Crippen molar-refractivity contribution in [2.75, 3.05) is 6.54 Å². The van der Waals surface area contributed by atoms with E-state index in [1.807, 2.05) is 11.8 Å². The van der Waals surface area contributed by atoms with E-state index in [0.717, 1.165) is 5.56 Å². The Kier molecular flexibility index (Phi) is 5.35. The molecule has 1 atom stereocenters. The molecule has 0 aliphatic heterocycles. The molecule has 0 bridgehead atoms. The van der Waals surface area contributed by atoms with E-state index in [1.165, 1.54) is 5.56 Å². The Labute approximate surface area is 122 Å². The van der Waals surface area contributed by atoms with Crippen molar-refractivity contribution in [3.63, 3.8) is 0 Å². The van der Waals surface area contributed by atoms with Gasteiger partial charge in [-0.25, -0.2) is 0 Å². The molecular weight excluding hydrogens is 250 g/mol. The van der Waals surface area contributed by atoms with Crippen LogP contribution in [0, 0.1) is 0 Å². The molecule has 1 unspecified atom stereocenters. The largest absolute Gasteiger partial charge is 0.480 e. The van der Waals surface area contributed by atoms with Crippen LogP contribution in [0.4, 0.5) is 0 Å². The third-order valence-corrected chi connectivity index (χ3v) is 4.14. The summed E-state index contributed by atoms with van der Waals surface area (Å²) in [5, 5.41) is 9.41. The first kappa shape index (κ1) is 16.7. The van der Waals surface area contributed by atoms with Crippen molar-refractivity contribution >= 4 is 5.97 Å². The summed E-state index contributed by atoms with van der Waals surface area (Å²) in [6, 6.07) is 8.57. The molecule has 1 aromatic carbocycles. The number of hydrogen-bond donors (Lipinski definition) is 1. The summed E-state index contributed by atoms with van der Waals surface area (Å²) in [6.07, 6.45) is 0. The summed E-state index contributed by atoms with van der Waals surface area (Å²) in [6.45, 7) is 12.6. The summed E-state index contributed by atoms with van der Waals surface area (Å²) < 4.78 is 0. The highest BCUT2D eigenvalue weighted by molar-refractivity contribution is 5.77. The van der Waals surface area contributed by atoms with E-state index < -0.39 is 11.5 Å². The van der Waals surface area contributed by atoms with Gasteiger partial charge >= 0.3 is 5.97 Å². The Morgan fingerprint density at radius 3 is 1.95 bits per heavy atom. The highest BCUT2D eigenvalue weighted by Crippen LogP contribution is 2.29. The van der Waals surface area contributed by atoms with Gasteiger partial charge in [-0.2, -0.15) is 0 Å². The van der Waals surface area contributed by atoms with Crippen molar-refractivity contribution < 1.29 is 9.90 Å². The van der Waals surface area contributed by atoms with Gasteiger partial charge in [0.25, 0.3) is 0 Å². The van der Waals surface area contributed by atoms with Gasteiger partial charge in [0.05, 0.1) is 0 Å². The Balaban J connectivity index is 3.02. The Bertz CT molecular complexity index is 449. The fraction of sp³-hybridized carbons (Fsp3) is 0.588. The summed E-state index contributed by atoms with van der Waals surface area (Å²) >= 11 is 0. The lowest BCUT2D eigenvalue weighted by Crippen LogP contribution is -2.50. The van der Waals surface area contributed by atoms with Crippen LogP contribution in [-0.4, -0.2) is 28.1 Å². The fourth-order valence-corrected chi connectivity index (χ4v) is 2.62. The molecule has 0 saturated carbocycles. The minimum absolute atomic E-state index is 0.0762. The zero-order chi connectivity index (χ0) is 15.5. The van der Waals surface area contributed by atoms with Crippen molar-refractivity contribution in [2.24, 2.45) is 0 Å². The van der Waals surface area contributed by atoms with E-state index in [1.54, 1.807) is 13.8 Å². The molecule has 0 fully saturated rings. The second-order valence-corrected chi connectivity index (χ2v) is 6.15. The molecule has 3 nitrogen and oxygen atoms in total. The number of likely N-dealkylation sites (N-methyl/N-ethyl adjacent to an activating group) is 1. The second-order valence-electron chi connectivity index (χ2n) is 6.15. The van der Waals surface area contributed by atoms with Gasteiger partial charge in [0.1, 0.15) is 5.54 Å². The maximum Gasteiger partial charge on any atom is 0.323 e. The molecule has 0 saturated heterocycles. The molecule has 0 aliphatic carbocycles. The van der Waals surface area contributed by atoms with Gasteiger partial charge in [-0.1, -0.05) is 45.0 Å². The van der Waals surface area contributed by atoms with Gasteiger partial charge in [0, 0.05) is 6.04 Å². The van der Waals surface area contributed by atoms with Crippen LogP contribution >= 0.6 is 0 Å². The standard InChI is InChI=1S/C17H27NO2/c1-7-18(17(5,6)16(19)20)13(4)15-10-8-14(9-11-15)12(2)3/h8-13H,7H2,1-6H3,(H,19,20). The maximum absolute atomic E-state index is 11.5. The molecule has 1 aromatic rings. The number of carboxylic acid groups (broad SMARTS) is 1. The van der Waals surface area contributed by atoms with E-state index in [0.29, 0.717) is 12.5 Å². The highest BCUT2D eigenvalue weighted by Gasteiger charge is 2.36. The number of nitrogens with zero attached hydrogens (tertiary/aromatic N) is 1. The third kappa shape index (κ3) is 3.40. The summed E-state index contributed by atoms with van der Waals surface area (Å²) in [5.41, 5.74) is 1.59. The fourth-order valence-electron chi connectivity index (χ4n) is 2.62. The SMILES string of the molecule is CCN(C(C)c1ccc(C(C)C)cc1)C(C)(C)C(=O)O. The monoisotopic (exact) mass is 277 g/mol. The molecule has 0 heterocycles. The molecule has 0 aliphatic rings. The lowest BCUT2D eigenvalue weighted by Gasteiger charge is -2.39. The van der Waals surface area contributed by atoms with E-state index in [-0.39, 0.29) is 6.04 Å². The van der Waals surface area contributed by atoms with Gasteiger partial charge in [0.2, 0.25) is 0 Å². The number of rotatable bonds is 6. The summed E-state index contributed by atoms with van der Waals surface area (Å²) in [5.74, 6) is -0.276. The predicted octanol–water partition coefficient (Wildman–Crippen LogP) is 4.06. The van der Waals surface area contributed by atoms with Crippen molar-refractivity contribution in [3.8, 4) is 0 Å². The molecule has 1 N–H and O–H groups in total. The first-order valence-electron chi connectivity index (χ1n) is 7.31. The Morgan fingerprint density at radius 1 is 1.15 bits per heavy atom. The molecule has 0 spiro atoms. The molecule has 0 radical (unpaired) electrons. The number of carboxylic acids is 1. The quantitative estimate of drug-likeness (QED) is 0.852. The van der Waals surface area contributed by atoms with Crippen LogP contribution in [0.1, 0.15) is 64.6 Å². The summed E-state index contributed by atoms with van der Waals surface area (Å²) in [4.78, 5) is 13.5. The third-order valence-electron chi connectivity index (χ3n) is 4.14. The van der Waals surface area contributed by atoms with Crippen LogP contribution < -0.4 is 0 Å². The molecular formula is C17H27NO2. The van der Waals surface area contributed by atoms with Gasteiger partial charge in [0.15, 0.2) is 0 Å². The predicted molar refractivity (Wildman–Crippen MR) is 83.0 cm³/mol. The van der Waals surface area contributed by atoms with Crippen molar-refractivity contribution in [1.82, 2.24) is 4.90 Å². The zero-order valence-corrected chi connectivity index (χ0v) is 13.5. The topological polar surface area (TPSA) is 40.5 Å². The van der Waals surface area contributed by atoms with Crippen LogP contribution in [0.15, 0.2) is 24.3 Å². The minimum Gasteiger partial charge on any atom is -0.480 e. The minimum atomic E-state index is -0.870. The van der Waals surface area contributed by atoms with Gasteiger partial charge in [-0.3, -0.25) is 9.69 Å². The van der Waals surface area contributed by atoms with Crippen LogP contribution in [0.3, 0.4) is 0 Å². The molecule has 20 heavy (non-hydrogen) atoms. The van der Waals surface area contributed by atoms with Crippen LogP contribution in [0.25, 0.3) is 0 Å². The highest BCUT2D eigenvalue weighted by atomic mass is 16.4. The van der Waals surface area contributed by atoms with Crippen LogP contribution in [0.5, 0.6) is 0 Å². The number of aliphatic carboxylic acids is 1. The molecule has 1 rings (SSSR count). The normalized spacial score (nSPS) is 13.8. The van der Waals surface area contributed by atoms with E-state index in [9.17, 15) is 9.90 Å². The Morgan fingerprint density at radius 2 is 1.60 bits per heavy atom. The average molecular weight is 277 g/mol. The first-order chi connectivity index (χ1) is 9.21. The zero-order valence-electron chi connectivity index (χ0n) is 13.5. The summed E-state index contributed by atoms with van der Waals surface area (Å²) in [7, 11) is 0. The van der Waals surface area contributed by atoms with Crippen molar-refractivity contribution in [3.05, 3.63) is 35.4 Å². The molecule has 3 heteroatoms. The molecule has 0 amide bonds. The van der Waals surface area contributed by atoms with E-state index >= 15 is 0 Å². The van der Waals surface area contributed by atoms with Crippen LogP contribution in [-0.2, 0) is 4.79 Å². The number of hydrogen-bond acceptors (Lipinski definition) is 2. The smallest absolute Gasteiger partial charge is 0.323 e. The molecule has 0 aromatic heterocycles.